The molecule has 0 N–H and O–H groups in total. The van der Waals surface area contributed by atoms with Gasteiger partial charge in [-0.15, -0.1) is 0 Å². The van der Waals surface area contributed by atoms with Crippen molar-refractivity contribution in [1.29, 1.82) is 0 Å². The van der Waals surface area contributed by atoms with Gasteiger partial charge in [0.1, 0.15) is 0 Å². The maximum atomic E-state index is 2.57. The van der Waals surface area contributed by atoms with Crippen LogP contribution in [0.4, 0.5) is 0 Å². The van der Waals surface area contributed by atoms with Crippen LogP contribution in [-0.2, 0) is 0 Å². The number of nitrogens with zero attached hydrogens (tertiary/aromatic N) is 2. The fourth-order valence-corrected chi connectivity index (χ4v) is 7.11. The lowest BCUT2D eigenvalue weighted by molar-refractivity contribution is -0.0130. The van der Waals surface area contributed by atoms with Crippen LogP contribution in [0.2, 0.25) is 0 Å². The zero-order valence-corrected chi connectivity index (χ0v) is 23.5. The average Bonchev–Trinajstić information content (AvgIpc) is 2.75. The Kier molecular flexibility index (Phi) is 6.35. The van der Waals surface area contributed by atoms with Gasteiger partial charge in [-0.2, -0.15) is 0 Å². The monoisotopic (exact) mass is 460 g/mol. The molecule has 4 rings (SSSR count). The Morgan fingerprint density at radius 1 is 0.471 bits per heavy atom. The lowest BCUT2D eigenvalue weighted by Crippen LogP contribution is -2.58. The molecule has 2 heteroatoms. The van der Waals surface area contributed by atoms with E-state index in [1.807, 2.05) is 0 Å². The fourth-order valence-electron chi connectivity index (χ4n) is 7.11. The first-order valence-electron chi connectivity index (χ1n) is 13.3. The van der Waals surface area contributed by atoms with E-state index >= 15 is 0 Å². The molecule has 0 atom stereocenters. The highest BCUT2D eigenvalue weighted by atomic mass is 15.2. The third-order valence-corrected chi connectivity index (χ3v) is 9.71. The number of rotatable bonds is 3. The molecule has 2 fully saturated rings. The maximum Gasteiger partial charge on any atom is 0.0161 e. The van der Waals surface area contributed by atoms with Crippen molar-refractivity contribution in [3.63, 3.8) is 0 Å². The SMILES string of the molecule is CN1C(C)(C)CC(c2ccc(-c3ccc(C4CC(C)(C)N(C)C(C)(C)C4)cc3)cc2)CC1(C)C. The molecule has 0 aromatic heterocycles. The van der Waals surface area contributed by atoms with Crippen LogP contribution in [0.25, 0.3) is 11.1 Å². The average molecular weight is 461 g/mol. The van der Waals surface area contributed by atoms with Crippen LogP contribution < -0.4 is 0 Å². The van der Waals surface area contributed by atoms with E-state index in [1.54, 1.807) is 0 Å². The summed E-state index contributed by atoms with van der Waals surface area (Å²) in [5, 5.41) is 0. The van der Waals surface area contributed by atoms with Crippen LogP contribution in [0.5, 0.6) is 0 Å². The molecular weight excluding hydrogens is 412 g/mol. The summed E-state index contributed by atoms with van der Waals surface area (Å²) in [7, 11) is 4.58. The van der Waals surface area contributed by atoms with Crippen molar-refractivity contribution in [2.24, 2.45) is 0 Å². The largest absolute Gasteiger partial charge is 0.296 e. The van der Waals surface area contributed by atoms with E-state index in [0.29, 0.717) is 11.8 Å². The van der Waals surface area contributed by atoms with Crippen LogP contribution in [0.1, 0.15) is 104 Å². The van der Waals surface area contributed by atoms with Crippen molar-refractivity contribution in [2.45, 2.75) is 115 Å². The van der Waals surface area contributed by atoms with Crippen LogP contribution in [0.15, 0.2) is 48.5 Å². The molecule has 0 spiro atoms. The summed E-state index contributed by atoms with van der Waals surface area (Å²) >= 11 is 0. The van der Waals surface area contributed by atoms with Crippen molar-refractivity contribution >= 4 is 0 Å². The molecule has 0 saturated carbocycles. The second-order valence-electron chi connectivity index (χ2n) is 13.8. The quantitative estimate of drug-likeness (QED) is 0.457. The predicted octanol–water partition coefficient (Wildman–Crippen LogP) is 8.09. The predicted molar refractivity (Wildman–Crippen MR) is 148 cm³/mol. The van der Waals surface area contributed by atoms with Gasteiger partial charge in [-0.3, -0.25) is 9.80 Å². The molecular formula is C32H48N2. The lowest BCUT2D eigenvalue weighted by Gasteiger charge is -2.54. The molecule has 186 valence electrons. The van der Waals surface area contributed by atoms with E-state index in [-0.39, 0.29) is 22.2 Å². The summed E-state index contributed by atoms with van der Waals surface area (Å²) < 4.78 is 0. The van der Waals surface area contributed by atoms with Crippen molar-refractivity contribution in [1.82, 2.24) is 9.80 Å². The van der Waals surface area contributed by atoms with Gasteiger partial charge in [-0.1, -0.05) is 48.5 Å². The number of likely N-dealkylation sites (tertiary alicyclic amines) is 2. The summed E-state index contributed by atoms with van der Waals surface area (Å²) in [5.74, 6) is 1.24. The third-order valence-electron chi connectivity index (χ3n) is 9.71. The third kappa shape index (κ3) is 4.73. The molecule has 2 aliphatic heterocycles. The Hall–Kier alpha value is -1.64. The topological polar surface area (TPSA) is 6.48 Å². The Labute approximate surface area is 209 Å². The molecule has 0 radical (unpaired) electrons. The second kappa shape index (κ2) is 8.49. The molecule has 2 heterocycles. The minimum absolute atomic E-state index is 0.220. The molecule has 2 nitrogen and oxygen atoms in total. The zero-order chi connectivity index (χ0) is 25.1. The van der Waals surface area contributed by atoms with Crippen LogP contribution >= 0.6 is 0 Å². The molecule has 34 heavy (non-hydrogen) atoms. The lowest BCUT2D eigenvalue weighted by atomic mass is 9.71. The maximum absolute atomic E-state index is 2.57. The highest BCUT2D eigenvalue weighted by Gasteiger charge is 2.44. The van der Waals surface area contributed by atoms with Crippen molar-refractivity contribution < 1.29 is 0 Å². The fraction of sp³-hybridized carbons (Fsp3) is 0.625. The van der Waals surface area contributed by atoms with Gasteiger partial charge in [0.2, 0.25) is 0 Å². The number of piperidine rings is 2. The molecule has 2 aromatic carbocycles. The summed E-state index contributed by atoms with van der Waals surface area (Å²) in [6.45, 7) is 19.1. The van der Waals surface area contributed by atoms with Gasteiger partial charge >= 0.3 is 0 Å². The Bertz CT molecular complexity index is 875. The van der Waals surface area contributed by atoms with E-state index in [4.69, 9.17) is 0 Å². The van der Waals surface area contributed by atoms with Gasteiger partial charge in [0.05, 0.1) is 0 Å². The molecule has 0 unspecified atom stereocenters. The Morgan fingerprint density at radius 3 is 0.941 bits per heavy atom. The second-order valence-corrected chi connectivity index (χ2v) is 13.8. The normalized spacial score (nSPS) is 25.4. The summed E-state index contributed by atoms with van der Waals surface area (Å²) in [6.07, 6.45) is 4.85. The van der Waals surface area contributed by atoms with E-state index < -0.39 is 0 Å². The number of benzene rings is 2. The molecule has 0 amide bonds. The Morgan fingerprint density at radius 2 is 0.706 bits per heavy atom. The Balaban J connectivity index is 1.50. The van der Waals surface area contributed by atoms with E-state index in [1.165, 1.54) is 47.9 Å². The highest BCUT2D eigenvalue weighted by molar-refractivity contribution is 5.64. The minimum Gasteiger partial charge on any atom is -0.296 e. The zero-order valence-electron chi connectivity index (χ0n) is 23.5. The van der Waals surface area contributed by atoms with Crippen molar-refractivity contribution in [3.05, 3.63) is 59.7 Å². The van der Waals surface area contributed by atoms with Crippen LogP contribution in [0, 0.1) is 0 Å². The first-order chi connectivity index (χ1) is 15.6. The first-order valence-corrected chi connectivity index (χ1v) is 13.3. The van der Waals surface area contributed by atoms with E-state index in [9.17, 15) is 0 Å². The summed E-state index contributed by atoms with van der Waals surface area (Å²) in [6, 6.07) is 18.9. The smallest absolute Gasteiger partial charge is 0.0161 e. The first kappa shape index (κ1) is 25.5. The molecule has 0 bridgehead atoms. The van der Waals surface area contributed by atoms with Gasteiger partial charge < -0.3 is 0 Å². The molecule has 2 aromatic rings. The van der Waals surface area contributed by atoms with Gasteiger partial charge in [0.25, 0.3) is 0 Å². The van der Waals surface area contributed by atoms with Gasteiger partial charge in [0.15, 0.2) is 0 Å². The van der Waals surface area contributed by atoms with Crippen molar-refractivity contribution in [3.8, 4) is 11.1 Å². The van der Waals surface area contributed by atoms with E-state index in [2.05, 4.69) is 128 Å². The summed E-state index contributed by atoms with van der Waals surface area (Å²) in [5.41, 5.74) is 6.51. The van der Waals surface area contributed by atoms with Gasteiger partial charge in [-0.25, -0.2) is 0 Å². The number of hydrogen-bond acceptors (Lipinski definition) is 2. The molecule has 0 aliphatic carbocycles. The summed E-state index contributed by atoms with van der Waals surface area (Å²) in [4.78, 5) is 5.14. The van der Waals surface area contributed by atoms with Gasteiger partial charge in [0, 0.05) is 22.2 Å². The van der Waals surface area contributed by atoms with Crippen molar-refractivity contribution in [2.75, 3.05) is 14.1 Å². The standard InChI is InChI=1S/C32H48N2/c1-29(2)19-27(20-30(3,4)33(29)9)25-15-11-23(12-16-25)24-13-17-26(18-14-24)28-21-31(5,6)34(10)32(7,8)22-28/h11-18,27-28H,19-22H2,1-10H3. The number of hydrogen-bond donors (Lipinski definition) is 0. The van der Waals surface area contributed by atoms with Crippen LogP contribution in [0.3, 0.4) is 0 Å². The highest BCUT2D eigenvalue weighted by Crippen LogP contribution is 2.46. The molecule has 2 saturated heterocycles. The van der Waals surface area contributed by atoms with Gasteiger partial charge in [-0.05, 0) is 129 Å². The van der Waals surface area contributed by atoms with Crippen LogP contribution in [-0.4, -0.2) is 46.1 Å². The minimum atomic E-state index is 0.220. The van der Waals surface area contributed by atoms with E-state index in [0.717, 1.165) is 0 Å². The molecule has 2 aliphatic rings.